The van der Waals surface area contributed by atoms with Crippen LogP contribution in [0.4, 0.5) is 8.78 Å². The summed E-state index contributed by atoms with van der Waals surface area (Å²) in [5.41, 5.74) is 0.507. The number of carbonyl (C=O) groups is 1. The molecule has 0 unspecified atom stereocenters. The van der Waals surface area contributed by atoms with Crippen LogP contribution in [-0.2, 0) is 11.3 Å². The van der Waals surface area contributed by atoms with E-state index >= 15 is 0 Å². The van der Waals surface area contributed by atoms with Crippen molar-refractivity contribution in [2.45, 2.75) is 31.8 Å². The molecule has 1 saturated carbocycles. The molecule has 3 rings (SSSR count). The van der Waals surface area contributed by atoms with Crippen LogP contribution in [0.3, 0.4) is 0 Å². The molecule has 0 atom stereocenters. The molecule has 0 N–H and O–H groups in total. The van der Waals surface area contributed by atoms with E-state index in [9.17, 15) is 13.6 Å². The third kappa shape index (κ3) is 4.10. The topological polar surface area (TPSA) is 29.5 Å². The summed E-state index contributed by atoms with van der Waals surface area (Å²) in [5.74, 6) is -0.719. The van der Waals surface area contributed by atoms with E-state index in [4.69, 9.17) is 4.74 Å². The van der Waals surface area contributed by atoms with Crippen LogP contribution in [0, 0.1) is 11.6 Å². The van der Waals surface area contributed by atoms with Gasteiger partial charge in [-0.2, -0.15) is 0 Å². The Morgan fingerprint density at radius 1 is 1.04 bits per heavy atom. The number of amides is 1. The van der Waals surface area contributed by atoms with Crippen LogP contribution in [-0.4, -0.2) is 23.5 Å². The van der Waals surface area contributed by atoms with Gasteiger partial charge in [-0.25, -0.2) is 8.78 Å². The third-order valence-corrected chi connectivity index (χ3v) is 4.02. The van der Waals surface area contributed by atoms with Crippen LogP contribution >= 0.6 is 0 Å². The molecule has 1 aliphatic rings. The number of halogens is 2. The summed E-state index contributed by atoms with van der Waals surface area (Å²) in [6.45, 7) is 0.357. The molecule has 0 heterocycles. The molecule has 3 nitrogen and oxygen atoms in total. The van der Waals surface area contributed by atoms with Crippen molar-refractivity contribution < 1.29 is 18.3 Å². The van der Waals surface area contributed by atoms with Crippen LogP contribution in [0.25, 0.3) is 0 Å². The smallest absolute Gasteiger partial charge is 0.226 e. The number of ether oxygens (including phenoxy) is 1. The molecule has 1 amide bonds. The Hall–Kier alpha value is -2.43. The lowest BCUT2D eigenvalue weighted by atomic mass is 10.2. The SMILES string of the molecule is O=C(CCOc1ccccc1F)N(Cc1ccccc1F)C1CC1. The molecule has 0 aromatic heterocycles. The highest BCUT2D eigenvalue weighted by Crippen LogP contribution is 2.29. The molecule has 1 fully saturated rings. The summed E-state index contributed by atoms with van der Waals surface area (Å²) in [4.78, 5) is 14.1. The van der Waals surface area contributed by atoms with E-state index < -0.39 is 5.82 Å². The predicted octanol–water partition coefficient (Wildman–Crippen LogP) is 3.92. The monoisotopic (exact) mass is 331 g/mol. The van der Waals surface area contributed by atoms with Crippen molar-refractivity contribution in [1.29, 1.82) is 0 Å². The maximum Gasteiger partial charge on any atom is 0.226 e. The average molecular weight is 331 g/mol. The normalized spacial score (nSPS) is 13.6. The summed E-state index contributed by atoms with van der Waals surface area (Å²) in [5, 5.41) is 0. The minimum atomic E-state index is -0.449. The number of hydrogen-bond acceptors (Lipinski definition) is 2. The molecule has 2 aromatic rings. The summed E-state index contributed by atoms with van der Waals surface area (Å²) in [6.07, 6.45) is 2.02. The molecule has 0 aliphatic heterocycles. The van der Waals surface area contributed by atoms with E-state index in [0.29, 0.717) is 5.56 Å². The number of benzene rings is 2. The standard InChI is InChI=1S/C19H19F2NO2/c20-16-6-2-1-5-14(16)13-22(15-9-10-15)19(23)11-12-24-18-8-4-3-7-17(18)21/h1-8,15H,9-13H2. The zero-order valence-electron chi connectivity index (χ0n) is 13.3. The van der Waals surface area contributed by atoms with Crippen molar-refractivity contribution in [3.05, 3.63) is 65.7 Å². The van der Waals surface area contributed by atoms with Gasteiger partial charge in [0.25, 0.3) is 0 Å². The molecule has 126 valence electrons. The minimum Gasteiger partial charge on any atom is -0.490 e. The molecule has 1 aliphatic carbocycles. The molecule has 0 spiro atoms. The van der Waals surface area contributed by atoms with Gasteiger partial charge in [-0.15, -0.1) is 0 Å². The molecule has 24 heavy (non-hydrogen) atoms. The molecular weight excluding hydrogens is 312 g/mol. The molecular formula is C19H19F2NO2. The third-order valence-electron chi connectivity index (χ3n) is 4.02. The number of nitrogens with zero attached hydrogens (tertiary/aromatic N) is 1. The number of hydrogen-bond donors (Lipinski definition) is 0. The van der Waals surface area contributed by atoms with Gasteiger partial charge in [0.1, 0.15) is 5.82 Å². The fraction of sp³-hybridized carbons (Fsp3) is 0.316. The first-order valence-corrected chi connectivity index (χ1v) is 8.05. The van der Waals surface area contributed by atoms with E-state index in [2.05, 4.69) is 0 Å². The van der Waals surface area contributed by atoms with Gasteiger partial charge in [0.05, 0.1) is 13.0 Å². The average Bonchev–Trinajstić information content (AvgIpc) is 3.40. The first-order valence-electron chi connectivity index (χ1n) is 8.05. The largest absolute Gasteiger partial charge is 0.490 e. The van der Waals surface area contributed by atoms with Crippen LogP contribution < -0.4 is 4.74 Å². The summed E-state index contributed by atoms with van der Waals surface area (Å²) >= 11 is 0. The molecule has 5 heteroatoms. The van der Waals surface area contributed by atoms with E-state index in [-0.39, 0.29) is 43.1 Å². The van der Waals surface area contributed by atoms with Crippen molar-refractivity contribution in [1.82, 2.24) is 4.90 Å². The Balaban J connectivity index is 1.57. The Kier molecular flexibility index (Phi) is 5.08. The lowest BCUT2D eigenvalue weighted by Gasteiger charge is -2.23. The van der Waals surface area contributed by atoms with Gasteiger partial charge in [-0.3, -0.25) is 4.79 Å². The van der Waals surface area contributed by atoms with Gasteiger partial charge in [-0.05, 0) is 31.0 Å². The summed E-state index contributed by atoms with van der Waals surface area (Å²) < 4.78 is 32.6. The quantitative estimate of drug-likeness (QED) is 0.769. The Morgan fingerprint density at radius 2 is 1.71 bits per heavy atom. The van der Waals surface area contributed by atoms with Gasteiger partial charge in [0.15, 0.2) is 11.6 Å². The van der Waals surface area contributed by atoms with Crippen molar-refractivity contribution in [3.8, 4) is 5.75 Å². The minimum absolute atomic E-state index is 0.0975. The Morgan fingerprint density at radius 3 is 2.38 bits per heavy atom. The Labute approximate surface area is 139 Å². The van der Waals surface area contributed by atoms with Crippen LogP contribution in [0.5, 0.6) is 5.75 Å². The number of rotatable bonds is 7. The molecule has 0 radical (unpaired) electrons. The second-order valence-corrected chi connectivity index (χ2v) is 5.87. The second kappa shape index (κ2) is 7.43. The molecule has 2 aromatic carbocycles. The number of carbonyl (C=O) groups excluding carboxylic acids is 1. The van der Waals surface area contributed by atoms with Gasteiger partial charge >= 0.3 is 0 Å². The van der Waals surface area contributed by atoms with E-state index in [1.165, 1.54) is 18.2 Å². The van der Waals surface area contributed by atoms with E-state index in [1.54, 1.807) is 35.2 Å². The maximum atomic E-state index is 13.8. The van der Waals surface area contributed by atoms with Crippen molar-refractivity contribution in [2.24, 2.45) is 0 Å². The highest BCUT2D eigenvalue weighted by molar-refractivity contribution is 5.77. The lowest BCUT2D eigenvalue weighted by molar-refractivity contribution is -0.133. The highest BCUT2D eigenvalue weighted by atomic mass is 19.1. The van der Waals surface area contributed by atoms with Gasteiger partial charge < -0.3 is 9.64 Å². The van der Waals surface area contributed by atoms with Crippen molar-refractivity contribution in [2.75, 3.05) is 6.61 Å². The van der Waals surface area contributed by atoms with Gasteiger partial charge in [-0.1, -0.05) is 30.3 Å². The van der Waals surface area contributed by atoms with E-state index in [0.717, 1.165) is 12.8 Å². The first kappa shape index (κ1) is 16.4. The van der Waals surface area contributed by atoms with Gasteiger partial charge in [0, 0.05) is 18.2 Å². The predicted molar refractivity (Wildman–Crippen MR) is 86.5 cm³/mol. The fourth-order valence-corrected chi connectivity index (χ4v) is 2.57. The van der Waals surface area contributed by atoms with Crippen molar-refractivity contribution >= 4 is 5.91 Å². The first-order chi connectivity index (χ1) is 11.6. The fourth-order valence-electron chi connectivity index (χ4n) is 2.57. The summed E-state index contributed by atoms with van der Waals surface area (Å²) in [7, 11) is 0. The van der Waals surface area contributed by atoms with Crippen LogP contribution in [0.1, 0.15) is 24.8 Å². The Bertz CT molecular complexity index is 716. The zero-order valence-corrected chi connectivity index (χ0v) is 13.3. The number of para-hydroxylation sites is 1. The lowest BCUT2D eigenvalue weighted by Crippen LogP contribution is -2.33. The van der Waals surface area contributed by atoms with E-state index in [1.807, 2.05) is 0 Å². The highest BCUT2D eigenvalue weighted by Gasteiger charge is 2.32. The summed E-state index contributed by atoms with van der Waals surface area (Å²) in [6, 6.07) is 12.7. The molecule has 0 bridgehead atoms. The zero-order chi connectivity index (χ0) is 16.9. The molecule has 0 saturated heterocycles. The second-order valence-electron chi connectivity index (χ2n) is 5.87. The maximum absolute atomic E-state index is 13.8. The van der Waals surface area contributed by atoms with Crippen LogP contribution in [0.2, 0.25) is 0 Å². The van der Waals surface area contributed by atoms with Crippen molar-refractivity contribution in [3.63, 3.8) is 0 Å². The van der Waals surface area contributed by atoms with Crippen LogP contribution in [0.15, 0.2) is 48.5 Å². The van der Waals surface area contributed by atoms with Gasteiger partial charge in [0.2, 0.25) is 5.91 Å².